The molecule has 1 aliphatic heterocycles. The molecule has 2 amide bonds. The predicted molar refractivity (Wildman–Crippen MR) is 90.5 cm³/mol. The number of anilines is 1. The van der Waals surface area contributed by atoms with Gasteiger partial charge in [0.1, 0.15) is 6.04 Å². The highest BCUT2D eigenvalue weighted by atomic mass is 16.2. The summed E-state index contributed by atoms with van der Waals surface area (Å²) in [4.78, 5) is 28.8. The fourth-order valence-electron chi connectivity index (χ4n) is 2.95. The van der Waals surface area contributed by atoms with Crippen LogP contribution in [0.3, 0.4) is 0 Å². The Labute approximate surface area is 136 Å². The van der Waals surface area contributed by atoms with E-state index in [0.29, 0.717) is 18.7 Å². The van der Waals surface area contributed by atoms with Crippen LogP contribution < -0.4 is 4.90 Å². The minimum absolute atomic E-state index is 0.0360. The lowest BCUT2D eigenvalue weighted by molar-refractivity contribution is -0.124. The van der Waals surface area contributed by atoms with Crippen LogP contribution in [-0.4, -0.2) is 35.8 Å². The summed E-state index contributed by atoms with van der Waals surface area (Å²) < 4.78 is 0. The van der Waals surface area contributed by atoms with Crippen LogP contribution in [0, 0.1) is 6.92 Å². The van der Waals surface area contributed by atoms with Crippen molar-refractivity contribution >= 4 is 17.5 Å². The molecule has 1 heterocycles. The zero-order valence-corrected chi connectivity index (χ0v) is 13.4. The van der Waals surface area contributed by atoms with E-state index in [1.807, 2.05) is 49.4 Å². The van der Waals surface area contributed by atoms with Crippen molar-refractivity contribution < 1.29 is 9.59 Å². The maximum absolute atomic E-state index is 12.7. The summed E-state index contributed by atoms with van der Waals surface area (Å²) in [5.41, 5.74) is 2.63. The Morgan fingerprint density at radius 3 is 2.48 bits per heavy atom. The molecule has 0 unspecified atom stereocenters. The first kappa shape index (κ1) is 15.3. The lowest BCUT2D eigenvalue weighted by Gasteiger charge is -2.39. The number of carbonyl (C=O) groups excluding carboxylic acids is 2. The minimum Gasteiger partial charge on any atom is -0.325 e. The first-order valence-corrected chi connectivity index (χ1v) is 7.82. The van der Waals surface area contributed by atoms with Crippen LogP contribution in [0.15, 0.2) is 54.6 Å². The molecule has 118 valence electrons. The molecule has 0 aliphatic carbocycles. The van der Waals surface area contributed by atoms with Gasteiger partial charge < -0.3 is 9.80 Å². The van der Waals surface area contributed by atoms with Gasteiger partial charge in [-0.15, -0.1) is 0 Å². The first-order chi connectivity index (χ1) is 11.1. The molecule has 0 aromatic heterocycles. The fraction of sp³-hybridized carbons (Fsp3) is 0.263. The summed E-state index contributed by atoms with van der Waals surface area (Å²) in [6.45, 7) is 4.86. The van der Waals surface area contributed by atoms with Crippen molar-refractivity contribution in [2.75, 3.05) is 18.0 Å². The summed E-state index contributed by atoms with van der Waals surface area (Å²) in [7, 11) is 0. The van der Waals surface area contributed by atoms with Gasteiger partial charge in [-0.25, -0.2) is 0 Å². The zero-order chi connectivity index (χ0) is 16.4. The molecule has 0 saturated carbocycles. The Kier molecular flexibility index (Phi) is 4.15. The molecule has 3 rings (SSSR count). The van der Waals surface area contributed by atoms with Crippen LogP contribution in [-0.2, 0) is 4.79 Å². The molecule has 4 nitrogen and oxygen atoms in total. The van der Waals surface area contributed by atoms with E-state index in [4.69, 9.17) is 0 Å². The molecule has 2 aromatic rings. The summed E-state index contributed by atoms with van der Waals surface area (Å²) in [5, 5.41) is 0. The second-order valence-electron chi connectivity index (χ2n) is 5.87. The van der Waals surface area contributed by atoms with Crippen molar-refractivity contribution in [2.45, 2.75) is 19.9 Å². The number of hydrogen-bond donors (Lipinski definition) is 0. The molecule has 1 atom stereocenters. The maximum atomic E-state index is 12.7. The smallest absolute Gasteiger partial charge is 0.254 e. The number of nitrogens with zero attached hydrogens (tertiary/aromatic N) is 2. The second-order valence-corrected chi connectivity index (χ2v) is 5.87. The molecule has 1 fully saturated rings. The van der Waals surface area contributed by atoms with Crippen LogP contribution in [0.4, 0.5) is 5.69 Å². The van der Waals surface area contributed by atoms with E-state index in [2.05, 4.69) is 0 Å². The topological polar surface area (TPSA) is 40.6 Å². The predicted octanol–water partition coefficient (Wildman–Crippen LogP) is 2.87. The van der Waals surface area contributed by atoms with Gasteiger partial charge in [0, 0.05) is 24.3 Å². The van der Waals surface area contributed by atoms with Crippen LogP contribution >= 0.6 is 0 Å². The van der Waals surface area contributed by atoms with Crippen LogP contribution in [0.25, 0.3) is 0 Å². The molecule has 0 radical (unpaired) electrons. The molecule has 0 bridgehead atoms. The number of carbonyl (C=O) groups is 2. The second kappa shape index (κ2) is 6.24. The van der Waals surface area contributed by atoms with E-state index in [1.54, 1.807) is 28.9 Å². The Balaban J connectivity index is 1.80. The number of benzene rings is 2. The maximum Gasteiger partial charge on any atom is 0.254 e. The molecule has 23 heavy (non-hydrogen) atoms. The van der Waals surface area contributed by atoms with Crippen LogP contribution in [0.2, 0.25) is 0 Å². The number of hydrogen-bond acceptors (Lipinski definition) is 2. The van der Waals surface area contributed by atoms with Gasteiger partial charge >= 0.3 is 0 Å². The van der Waals surface area contributed by atoms with Gasteiger partial charge in [-0.3, -0.25) is 9.59 Å². The summed E-state index contributed by atoms with van der Waals surface area (Å²) in [6, 6.07) is 16.5. The summed E-state index contributed by atoms with van der Waals surface area (Å²) >= 11 is 0. The van der Waals surface area contributed by atoms with E-state index in [1.165, 1.54) is 0 Å². The Hall–Kier alpha value is -2.62. The van der Waals surface area contributed by atoms with Gasteiger partial charge in [-0.2, -0.15) is 0 Å². The van der Waals surface area contributed by atoms with Crippen molar-refractivity contribution in [3.8, 4) is 0 Å². The zero-order valence-electron chi connectivity index (χ0n) is 13.4. The standard InChI is InChI=1S/C19H20N2O2/c1-14-7-6-10-17(13-14)21-12-11-20(15(2)18(21)22)19(23)16-8-4-3-5-9-16/h3-10,13,15H,11-12H2,1-2H3/t15-/m0/s1. The highest BCUT2D eigenvalue weighted by molar-refractivity contribution is 6.03. The van der Waals surface area contributed by atoms with E-state index >= 15 is 0 Å². The SMILES string of the molecule is Cc1cccc(N2CCN(C(=O)c3ccccc3)[C@@H](C)C2=O)c1. The molecule has 0 spiro atoms. The van der Waals surface area contributed by atoms with Crippen molar-refractivity contribution in [3.05, 3.63) is 65.7 Å². The monoisotopic (exact) mass is 308 g/mol. The minimum atomic E-state index is -0.461. The van der Waals surface area contributed by atoms with Gasteiger partial charge in [-0.05, 0) is 43.7 Å². The van der Waals surface area contributed by atoms with Gasteiger partial charge in [0.25, 0.3) is 5.91 Å². The molecule has 0 N–H and O–H groups in total. The average Bonchev–Trinajstić information content (AvgIpc) is 2.57. The van der Waals surface area contributed by atoms with Crippen molar-refractivity contribution in [2.24, 2.45) is 0 Å². The van der Waals surface area contributed by atoms with Crippen LogP contribution in [0.5, 0.6) is 0 Å². The van der Waals surface area contributed by atoms with Gasteiger partial charge in [0.05, 0.1) is 0 Å². The third-order valence-electron chi connectivity index (χ3n) is 4.25. The number of piperazine rings is 1. The van der Waals surface area contributed by atoms with Gasteiger partial charge in [-0.1, -0.05) is 30.3 Å². The van der Waals surface area contributed by atoms with E-state index in [0.717, 1.165) is 11.3 Å². The van der Waals surface area contributed by atoms with E-state index < -0.39 is 6.04 Å². The van der Waals surface area contributed by atoms with Crippen molar-refractivity contribution in [3.63, 3.8) is 0 Å². The summed E-state index contributed by atoms with van der Waals surface area (Å²) in [6.07, 6.45) is 0. The van der Waals surface area contributed by atoms with Crippen LogP contribution in [0.1, 0.15) is 22.8 Å². The average molecular weight is 308 g/mol. The number of amides is 2. The van der Waals surface area contributed by atoms with E-state index in [-0.39, 0.29) is 11.8 Å². The molecule has 1 aliphatic rings. The molecular weight excluding hydrogens is 288 g/mol. The number of aryl methyl sites for hydroxylation is 1. The third-order valence-corrected chi connectivity index (χ3v) is 4.25. The first-order valence-electron chi connectivity index (χ1n) is 7.82. The largest absolute Gasteiger partial charge is 0.325 e. The van der Waals surface area contributed by atoms with E-state index in [9.17, 15) is 9.59 Å². The number of rotatable bonds is 2. The lowest BCUT2D eigenvalue weighted by Crippen LogP contribution is -2.57. The van der Waals surface area contributed by atoms with Crippen molar-refractivity contribution in [1.29, 1.82) is 0 Å². The lowest BCUT2D eigenvalue weighted by atomic mass is 10.1. The fourth-order valence-corrected chi connectivity index (χ4v) is 2.95. The Bertz CT molecular complexity index is 727. The molecule has 4 heteroatoms. The highest BCUT2D eigenvalue weighted by Gasteiger charge is 2.35. The Morgan fingerprint density at radius 2 is 1.78 bits per heavy atom. The van der Waals surface area contributed by atoms with Gasteiger partial charge in [0.2, 0.25) is 5.91 Å². The third kappa shape index (κ3) is 2.97. The quantitative estimate of drug-likeness (QED) is 0.856. The highest BCUT2D eigenvalue weighted by Crippen LogP contribution is 2.22. The van der Waals surface area contributed by atoms with Crippen molar-refractivity contribution in [1.82, 2.24) is 4.90 Å². The molecular formula is C19H20N2O2. The summed E-state index contributed by atoms with van der Waals surface area (Å²) in [5.74, 6) is -0.124. The molecule has 1 saturated heterocycles. The normalized spacial score (nSPS) is 18.2. The van der Waals surface area contributed by atoms with Gasteiger partial charge in [0.15, 0.2) is 0 Å². The molecule has 2 aromatic carbocycles. The Morgan fingerprint density at radius 1 is 1.04 bits per heavy atom.